The van der Waals surface area contributed by atoms with Crippen LogP contribution in [0, 0.1) is 0 Å². The number of carbonyl (C=O) groups is 1. The third-order valence-electron chi connectivity index (χ3n) is 9.43. The van der Waals surface area contributed by atoms with Crippen LogP contribution in [0.3, 0.4) is 0 Å². The standard InChI is InChI=1S/C38H47N3O5/c1-2-21-44-38(43)39-24-29-7-5-8-33(22-29)30-14-16-32(17-15-30)37-45-35(23-36(46-37)31-12-10-28(27-42)11-13-31)26-41-20-6-9-34(41)25-40-18-3-4-19-40/h2,5,7-8,10-17,22,34-37,42H,1,3-4,6,9,18-21,23-27H2,(H,39,43). The molecule has 0 aliphatic carbocycles. The van der Waals surface area contributed by atoms with Gasteiger partial charge in [-0.25, -0.2) is 4.79 Å². The second-order valence-corrected chi connectivity index (χ2v) is 12.7. The second-order valence-electron chi connectivity index (χ2n) is 12.7. The van der Waals surface area contributed by atoms with Gasteiger partial charge in [0.1, 0.15) is 6.61 Å². The van der Waals surface area contributed by atoms with E-state index in [-0.39, 0.29) is 25.4 Å². The van der Waals surface area contributed by atoms with Crippen molar-refractivity contribution in [1.29, 1.82) is 0 Å². The summed E-state index contributed by atoms with van der Waals surface area (Å²) in [6.45, 7) is 9.81. The van der Waals surface area contributed by atoms with Gasteiger partial charge in [-0.2, -0.15) is 0 Å². The Kier molecular flexibility index (Phi) is 11.2. The van der Waals surface area contributed by atoms with E-state index in [1.807, 2.05) is 24.3 Å². The molecule has 3 aromatic rings. The molecule has 2 N–H and O–H groups in total. The van der Waals surface area contributed by atoms with Crippen molar-refractivity contribution >= 4 is 6.09 Å². The molecule has 3 fully saturated rings. The quantitative estimate of drug-likeness (QED) is 0.227. The lowest BCUT2D eigenvalue weighted by Gasteiger charge is -2.39. The first-order valence-electron chi connectivity index (χ1n) is 16.8. The van der Waals surface area contributed by atoms with Gasteiger partial charge in [-0.1, -0.05) is 79.4 Å². The number of amides is 1. The highest BCUT2D eigenvalue weighted by Crippen LogP contribution is 2.39. The zero-order valence-corrected chi connectivity index (χ0v) is 26.7. The number of nitrogens with one attached hydrogen (secondary N) is 1. The summed E-state index contributed by atoms with van der Waals surface area (Å²) in [4.78, 5) is 17.1. The van der Waals surface area contributed by atoms with E-state index in [4.69, 9.17) is 14.2 Å². The topological polar surface area (TPSA) is 83.5 Å². The van der Waals surface area contributed by atoms with Crippen molar-refractivity contribution in [3.63, 3.8) is 0 Å². The molecule has 4 atom stereocenters. The number of hydrogen-bond acceptors (Lipinski definition) is 7. The normalized spacial score (nSPS) is 23.8. The van der Waals surface area contributed by atoms with E-state index in [0.29, 0.717) is 12.6 Å². The SMILES string of the molecule is C=CCOC(=O)NCc1cccc(-c2ccc(C3OC(CN4CCCC4CN4CCCC4)CC(c4ccc(CO)cc4)O3)cc2)c1. The molecule has 3 heterocycles. The van der Waals surface area contributed by atoms with Crippen LogP contribution in [0.2, 0.25) is 0 Å². The summed E-state index contributed by atoms with van der Waals surface area (Å²) in [5.41, 5.74) is 6.12. The average Bonchev–Trinajstić information content (AvgIpc) is 3.79. The van der Waals surface area contributed by atoms with Gasteiger partial charge < -0.3 is 29.5 Å². The number of nitrogens with zero attached hydrogens (tertiary/aromatic N) is 2. The minimum atomic E-state index is -0.480. The molecular weight excluding hydrogens is 578 g/mol. The highest BCUT2D eigenvalue weighted by Gasteiger charge is 2.36. The van der Waals surface area contributed by atoms with Gasteiger partial charge in [-0.3, -0.25) is 4.90 Å². The van der Waals surface area contributed by atoms with Crippen LogP contribution >= 0.6 is 0 Å². The van der Waals surface area contributed by atoms with Crippen molar-refractivity contribution in [2.75, 3.05) is 39.3 Å². The number of aliphatic hydroxyl groups excluding tert-OH is 1. The molecule has 1 amide bonds. The fraction of sp³-hybridized carbons (Fsp3) is 0.447. The van der Waals surface area contributed by atoms with Crippen LogP contribution in [0.1, 0.15) is 66.8 Å². The Morgan fingerprint density at radius 2 is 1.70 bits per heavy atom. The van der Waals surface area contributed by atoms with E-state index < -0.39 is 12.4 Å². The zero-order chi connectivity index (χ0) is 31.7. The largest absolute Gasteiger partial charge is 0.445 e. The summed E-state index contributed by atoms with van der Waals surface area (Å²) in [7, 11) is 0. The molecule has 3 aliphatic heterocycles. The van der Waals surface area contributed by atoms with Crippen LogP contribution in [0.5, 0.6) is 0 Å². The van der Waals surface area contributed by atoms with Crippen LogP contribution < -0.4 is 5.32 Å². The molecule has 0 bridgehead atoms. The van der Waals surface area contributed by atoms with Crippen molar-refractivity contribution in [1.82, 2.24) is 15.1 Å². The fourth-order valence-electron chi connectivity index (χ4n) is 6.95. The third kappa shape index (κ3) is 8.43. The van der Waals surface area contributed by atoms with Crippen LogP contribution in [0.4, 0.5) is 4.79 Å². The van der Waals surface area contributed by atoms with Crippen molar-refractivity contribution in [2.45, 2.75) is 69.8 Å². The van der Waals surface area contributed by atoms with Crippen molar-refractivity contribution in [2.24, 2.45) is 0 Å². The van der Waals surface area contributed by atoms with Crippen LogP contribution in [-0.4, -0.2) is 72.5 Å². The summed E-state index contributed by atoms with van der Waals surface area (Å²) >= 11 is 0. The van der Waals surface area contributed by atoms with Gasteiger partial charge in [-0.05, 0) is 79.2 Å². The van der Waals surface area contributed by atoms with Crippen molar-refractivity contribution in [3.05, 3.63) is 108 Å². The van der Waals surface area contributed by atoms with Crippen molar-refractivity contribution < 1.29 is 24.1 Å². The maximum Gasteiger partial charge on any atom is 0.407 e. The second kappa shape index (κ2) is 15.8. The number of likely N-dealkylation sites (tertiary alicyclic amines) is 2. The average molecular weight is 626 g/mol. The number of aliphatic hydroxyl groups is 1. The predicted octanol–water partition coefficient (Wildman–Crippen LogP) is 6.36. The molecule has 46 heavy (non-hydrogen) atoms. The summed E-state index contributed by atoms with van der Waals surface area (Å²) in [5, 5.41) is 12.3. The Balaban J connectivity index is 1.15. The lowest BCUT2D eigenvalue weighted by Crippen LogP contribution is -2.45. The van der Waals surface area contributed by atoms with E-state index >= 15 is 0 Å². The molecule has 3 aliphatic rings. The first-order valence-corrected chi connectivity index (χ1v) is 16.8. The lowest BCUT2D eigenvalue weighted by molar-refractivity contribution is -0.253. The third-order valence-corrected chi connectivity index (χ3v) is 9.43. The Hall–Kier alpha value is -3.53. The molecule has 0 spiro atoms. The van der Waals surface area contributed by atoms with Gasteiger partial charge >= 0.3 is 6.09 Å². The minimum Gasteiger partial charge on any atom is -0.445 e. The lowest BCUT2D eigenvalue weighted by atomic mass is 9.98. The molecule has 244 valence electrons. The Labute approximate surface area is 273 Å². The molecule has 0 aromatic heterocycles. The summed E-state index contributed by atoms with van der Waals surface area (Å²) < 4.78 is 18.4. The molecule has 0 radical (unpaired) electrons. The number of rotatable bonds is 12. The van der Waals surface area contributed by atoms with Crippen LogP contribution in [-0.2, 0) is 27.4 Å². The van der Waals surface area contributed by atoms with Gasteiger partial charge in [0, 0.05) is 37.7 Å². The molecule has 8 nitrogen and oxygen atoms in total. The number of ether oxygens (including phenoxy) is 3. The summed E-state index contributed by atoms with van der Waals surface area (Å²) in [6.07, 6.45) is 6.49. The smallest absolute Gasteiger partial charge is 0.407 e. The number of carbonyl (C=O) groups excluding carboxylic acids is 1. The van der Waals surface area contributed by atoms with Crippen molar-refractivity contribution in [3.8, 4) is 11.1 Å². The first-order chi connectivity index (χ1) is 22.6. The molecular formula is C38H47N3O5. The van der Waals surface area contributed by atoms with Crippen LogP contribution in [0.25, 0.3) is 11.1 Å². The molecule has 3 aromatic carbocycles. The predicted molar refractivity (Wildman–Crippen MR) is 179 cm³/mol. The van der Waals surface area contributed by atoms with Crippen LogP contribution in [0.15, 0.2) is 85.5 Å². The maximum atomic E-state index is 11.8. The molecule has 6 rings (SSSR count). The van der Waals surface area contributed by atoms with Gasteiger partial charge in [0.05, 0.1) is 18.8 Å². The van der Waals surface area contributed by atoms with Gasteiger partial charge in [0.2, 0.25) is 0 Å². The van der Waals surface area contributed by atoms with E-state index in [1.54, 1.807) is 6.08 Å². The minimum absolute atomic E-state index is 0.0293. The molecule has 3 saturated heterocycles. The number of hydrogen-bond donors (Lipinski definition) is 2. The molecule has 8 heteroatoms. The number of alkyl carbamates (subject to hydrolysis) is 1. The van der Waals surface area contributed by atoms with E-state index in [9.17, 15) is 9.90 Å². The Morgan fingerprint density at radius 3 is 2.46 bits per heavy atom. The van der Waals surface area contributed by atoms with E-state index in [2.05, 4.69) is 70.2 Å². The van der Waals surface area contributed by atoms with E-state index in [0.717, 1.165) is 59.4 Å². The summed E-state index contributed by atoms with van der Waals surface area (Å²) in [5.74, 6) is 0. The van der Waals surface area contributed by atoms with E-state index in [1.165, 1.54) is 38.8 Å². The fourth-order valence-corrected chi connectivity index (χ4v) is 6.95. The van der Waals surface area contributed by atoms with Gasteiger partial charge in [0.25, 0.3) is 0 Å². The Morgan fingerprint density at radius 1 is 0.913 bits per heavy atom. The van der Waals surface area contributed by atoms with Gasteiger partial charge in [-0.15, -0.1) is 0 Å². The summed E-state index contributed by atoms with van der Waals surface area (Å²) in [6, 6.07) is 25.2. The Bertz CT molecular complexity index is 1420. The number of benzene rings is 3. The zero-order valence-electron chi connectivity index (χ0n) is 26.7. The highest BCUT2D eigenvalue weighted by atomic mass is 16.7. The first kappa shape index (κ1) is 32.4. The maximum absolute atomic E-state index is 11.8. The monoisotopic (exact) mass is 625 g/mol. The van der Waals surface area contributed by atoms with Gasteiger partial charge in [0.15, 0.2) is 6.29 Å². The molecule has 4 unspecified atom stereocenters. The molecule has 0 saturated carbocycles. The highest BCUT2D eigenvalue weighted by molar-refractivity contribution is 5.68.